The van der Waals surface area contributed by atoms with Crippen LogP contribution in [0, 0.1) is 0 Å². The first kappa shape index (κ1) is 21.8. The second kappa shape index (κ2) is 11.4. The number of esters is 1. The summed E-state index contributed by atoms with van der Waals surface area (Å²) in [6.45, 7) is 3.46. The van der Waals surface area contributed by atoms with Crippen LogP contribution in [0.2, 0.25) is 0 Å². The summed E-state index contributed by atoms with van der Waals surface area (Å²) < 4.78 is 5.15. The van der Waals surface area contributed by atoms with Crippen LogP contribution in [0.5, 0.6) is 0 Å². The molecule has 1 aliphatic carbocycles. The van der Waals surface area contributed by atoms with Crippen molar-refractivity contribution in [2.24, 2.45) is 0 Å². The van der Waals surface area contributed by atoms with Crippen LogP contribution in [0.15, 0.2) is 12.2 Å². The van der Waals surface area contributed by atoms with E-state index in [0.29, 0.717) is 6.42 Å². The highest BCUT2D eigenvalue weighted by Gasteiger charge is 2.52. The molecule has 144 valence electrons. The third-order valence-electron chi connectivity index (χ3n) is 4.89. The van der Waals surface area contributed by atoms with Crippen molar-refractivity contribution in [3.63, 3.8) is 0 Å². The Hall–Kier alpha value is -1.20. The number of unbranched alkanes of at least 4 members (excludes halogenated alkanes) is 9. The number of aliphatic hydroxyl groups is 2. The van der Waals surface area contributed by atoms with Crippen molar-refractivity contribution in [1.29, 1.82) is 0 Å². The van der Waals surface area contributed by atoms with Gasteiger partial charge in [0.15, 0.2) is 11.4 Å². The van der Waals surface area contributed by atoms with Gasteiger partial charge in [-0.1, -0.05) is 64.7 Å². The minimum absolute atomic E-state index is 0.372. The van der Waals surface area contributed by atoms with E-state index in [1.165, 1.54) is 57.9 Å². The molecule has 5 nitrogen and oxygen atoms in total. The average Bonchev–Trinajstić information content (AvgIpc) is 2.83. The van der Waals surface area contributed by atoms with Gasteiger partial charge in [-0.25, -0.2) is 0 Å². The molecule has 0 radical (unpaired) electrons. The van der Waals surface area contributed by atoms with Crippen LogP contribution in [0.25, 0.3) is 0 Å². The molecule has 0 spiro atoms. The molecule has 0 heterocycles. The minimum Gasteiger partial charge on any atom is -0.459 e. The summed E-state index contributed by atoms with van der Waals surface area (Å²) in [7, 11) is 0. The molecule has 0 bridgehead atoms. The lowest BCUT2D eigenvalue weighted by Crippen LogP contribution is -2.55. The topological polar surface area (TPSA) is 83.8 Å². The monoisotopic (exact) mass is 354 g/mol. The van der Waals surface area contributed by atoms with Gasteiger partial charge in [0.2, 0.25) is 0 Å². The Morgan fingerprint density at radius 2 is 1.64 bits per heavy atom. The first-order valence-electron chi connectivity index (χ1n) is 9.73. The van der Waals surface area contributed by atoms with Crippen LogP contribution in [-0.2, 0) is 14.3 Å². The number of rotatable bonds is 13. The van der Waals surface area contributed by atoms with E-state index in [1.54, 1.807) is 0 Å². The standard InChI is InChI=1S/C20H34O5/c1-3-4-5-6-7-8-9-10-11-12-13-19(25-16(2)21)20(24)17(22)14-15-18(20)23/h14-15,17,19,22,24H,3-13H2,1-2H3. The maximum absolute atomic E-state index is 11.9. The number of ketones is 1. The highest BCUT2D eigenvalue weighted by molar-refractivity contribution is 6.01. The van der Waals surface area contributed by atoms with Crippen LogP contribution in [-0.4, -0.2) is 39.8 Å². The van der Waals surface area contributed by atoms with Gasteiger partial charge < -0.3 is 14.9 Å². The lowest BCUT2D eigenvalue weighted by atomic mass is 9.87. The first-order chi connectivity index (χ1) is 11.9. The first-order valence-corrected chi connectivity index (χ1v) is 9.73. The molecule has 25 heavy (non-hydrogen) atoms. The van der Waals surface area contributed by atoms with E-state index in [0.717, 1.165) is 25.3 Å². The summed E-state index contributed by atoms with van der Waals surface area (Å²) in [5, 5.41) is 20.5. The Morgan fingerprint density at radius 1 is 1.12 bits per heavy atom. The predicted molar refractivity (Wildman–Crippen MR) is 97.1 cm³/mol. The second-order valence-corrected chi connectivity index (χ2v) is 7.06. The molecular formula is C20H34O5. The summed E-state index contributed by atoms with van der Waals surface area (Å²) in [4.78, 5) is 23.2. The number of carbonyl (C=O) groups excluding carboxylic acids is 2. The molecule has 0 aliphatic heterocycles. The van der Waals surface area contributed by atoms with Crippen molar-refractivity contribution in [3.8, 4) is 0 Å². The van der Waals surface area contributed by atoms with Crippen molar-refractivity contribution < 1.29 is 24.5 Å². The van der Waals surface area contributed by atoms with Crippen LogP contribution >= 0.6 is 0 Å². The molecule has 0 amide bonds. The van der Waals surface area contributed by atoms with Gasteiger partial charge in [0, 0.05) is 6.92 Å². The largest absolute Gasteiger partial charge is 0.459 e. The summed E-state index contributed by atoms with van der Waals surface area (Å²) in [6, 6.07) is 0. The minimum atomic E-state index is -2.04. The van der Waals surface area contributed by atoms with Crippen molar-refractivity contribution >= 4 is 11.8 Å². The van der Waals surface area contributed by atoms with E-state index in [-0.39, 0.29) is 0 Å². The maximum Gasteiger partial charge on any atom is 0.303 e. The molecule has 2 N–H and O–H groups in total. The van der Waals surface area contributed by atoms with Gasteiger partial charge in [-0.2, -0.15) is 0 Å². The number of ether oxygens (including phenoxy) is 1. The SMILES string of the molecule is CCCCCCCCCCCCC(OC(C)=O)C1(O)C(=O)C=CC1O. The molecule has 3 unspecified atom stereocenters. The molecule has 0 aromatic rings. The Morgan fingerprint density at radius 3 is 2.08 bits per heavy atom. The van der Waals surface area contributed by atoms with Gasteiger partial charge in [0.1, 0.15) is 12.2 Å². The van der Waals surface area contributed by atoms with E-state index in [4.69, 9.17) is 4.74 Å². The molecule has 1 aliphatic rings. The molecule has 0 aromatic heterocycles. The van der Waals surface area contributed by atoms with E-state index in [2.05, 4.69) is 6.92 Å². The highest BCUT2D eigenvalue weighted by atomic mass is 16.6. The third kappa shape index (κ3) is 6.90. The molecule has 1 rings (SSSR count). The summed E-state index contributed by atoms with van der Waals surface area (Å²) >= 11 is 0. The molecule has 0 saturated heterocycles. The Balaban J connectivity index is 2.29. The van der Waals surface area contributed by atoms with Crippen LogP contribution in [0.3, 0.4) is 0 Å². The lowest BCUT2D eigenvalue weighted by Gasteiger charge is -2.33. The fourth-order valence-electron chi connectivity index (χ4n) is 3.34. The summed E-state index contributed by atoms with van der Waals surface area (Å²) in [5.41, 5.74) is -2.04. The predicted octanol–water partition coefficient (Wildman–Crippen LogP) is 3.46. The lowest BCUT2D eigenvalue weighted by molar-refractivity contribution is -0.178. The molecule has 0 fully saturated rings. The van der Waals surface area contributed by atoms with E-state index in [1.807, 2.05) is 0 Å². The average molecular weight is 354 g/mol. The van der Waals surface area contributed by atoms with Gasteiger partial charge in [-0.3, -0.25) is 9.59 Å². The van der Waals surface area contributed by atoms with Crippen LogP contribution in [0.4, 0.5) is 0 Å². The number of aliphatic hydroxyl groups excluding tert-OH is 1. The quantitative estimate of drug-likeness (QED) is 0.391. The van der Waals surface area contributed by atoms with Crippen molar-refractivity contribution in [2.45, 2.75) is 102 Å². The van der Waals surface area contributed by atoms with Gasteiger partial charge in [0.25, 0.3) is 0 Å². The molecule has 3 atom stereocenters. The van der Waals surface area contributed by atoms with E-state index in [9.17, 15) is 19.8 Å². The normalized spacial score (nSPS) is 23.8. The number of carbonyl (C=O) groups is 2. The Bertz CT molecular complexity index is 445. The highest BCUT2D eigenvalue weighted by Crippen LogP contribution is 2.30. The zero-order valence-corrected chi connectivity index (χ0v) is 15.7. The van der Waals surface area contributed by atoms with Crippen LogP contribution in [0.1, 0.15) is 84.5 Å². The van der Waals surface area contributed by atoms with Gasteiger partial charge in [-0.05, 0) is 25.0 Å². The van der Waals surface area contributed by atoms with Crippen molar-refractivity contribution in [1.82, 2.24) is 0 Å². The Kier molecular flexibility index (Phi) is 9.98. The summed E-state index contributed by atoms with van der Waals surface area (Å²) in [5.74, 6) is -1.16. The molecular weight excluding hydrogens is 320 g/mol. The number of hydrogen-bond donors (Lipinski definition) is 2. The van der Waals surface area contributed by atoms with Crippen molar-refractivity contribution in [3.05, 3.63) is 12.2 Å². The fourth-order valence-corrected chi connectivity index (χ4v) is 3.34. The smallest absolute Gasteiger partial charge is 0.303 e. The van der Waals surface area contributed by atoms with E-state index < -0.39 is 29.6 Å². The van der Waals surface area contributed by atoms with Gasteiger partial charge in [-0.15, -0.1) is 0 Å². The zero-order chi connectivity index (χ0) is 18.7. The maximum atomic E-state index is 11.9. The molecule has 0 saturated carbocycles. The van der Waals surface area contributed by atoms with Crippen LogP contribution < -0.4 is 0 Å². The second-order valence-electron chi connectivity index (χ2n) is 7.06. The van der Waals surface area contributed by atoms with Crippen molar-refractivity contribution in [2.75, 3.05) is 0 Å². The molecule has 5 heteroatoms. The fraction of sp³-hybridized carbons (Fsp3) is 0.800. The number of hydrogen-bond acceptors (Lipinski definition) is 5. The summed E-state index contributed by atoms with van der Waals surface area (Å²) in [6.07, 6.45) is 12.2. The van der Waals surface area contributed by atoms with Gasteiger partial charge in [0.05, 0.1) is 0 Å². The molecule has 0 aromatic carbocycles. The Labute approximate surface area is 151 Å². The van der Waals surface area contributed by atoms with E-state index >= 15 is 0 Å². The third-order valence-corrected chi connectivity index (χ3v) is 4.89. The van der Waals surface area contributed by atoms with Gasteiger partial charge >= 0.3 is 5.97 Å². The zero-order valence-electron chi connectivity index (χ0n) is 15.7.